The SMILES string of the molecule is CC/C=C\C/C=C\C/C=C\C/C=C\C/C=C\C/C=C\C/C=C\C/C=C\C/C=C\C/C=C\CCCCCCC(=O)OCC(COC(=O)CCCCCCC)OC(=O)CCCCCCC/C=C\C/C=C\CCCCC. The van der Waals surface area contributed by atoms with E-state index in [0.29, 0.717) is 19.3 Å². The van der Waals surface area contributed by atoms with Gasteiger partial charge in [0.25, 0.3) is 0 Å². The molecule has 0 saturated heterocycles. The maximum absolute atomic E-state index is 12.7. The third-order valence-electron chi connectivity index (χ3n) is 11.8. The van der Waals surface area contributed by atoms with Crippen molar-refractivity contribution in [1.29, 1.82) is 0 Å². The van der Waals surface area contributed by atoms with Gasteiger partial charge in [0, 0.05) is 19.3 Å². The highest BCUT2D eigenvalue weighted by atomic mass is 16.6. The van der Waals surface area contributed by atoms with Crippen LogP contribution in [0.25, 0.3) is 0 Å². The molecule has 0 aliphatic carbocycles. The second-order valence-corrected chi connectivity index (χ2v) is 18.8. The van der Waals surface area contributed by atoms with Gasteiger partial charge in [-0.1, -0.05) is 237 Å². The largest absolute Gasteiger partial charge is 0.462 e. The van der Waals surface area contributed by atoms with Crippen LogP contribution in [0.2, 0.25) is 0 Å². The lowest BCUT2D eigenvalue weighted by Crippen LogP contribution is -2.30. The van der Waals surface area contributed by atoms with Gasteiger partial charge in [-0.3, -0.25) is 14.4 Å². The van der Waals surface area contributed by atoms with Crippen LogP contribution < -0.4 is 0 Å². The van der Waals surface area contributed by atoms with Gasteiger partial charge >= 0.3 is 17.9 Å². The van der Waals surface area contributed by atoms with E-state index >= 15 is 0 Å². The summed E-state index contributed by atoms with van der Waals surface area (Å²) in [6.07, 6.45) is 86.0. The van der Waals surface area contributed by atoms with Gasteiger partial charge in [0.2, 0.25) is 0 Å². The summed E-state index contributed by atoms with van der Waals surface area (Å²) in [5.41, 5.74) is 0. The molecule has 0 heterocycles. The van der Waals surface area contributed by atoms with Crippen LogP contribution in [-0.4, -0.2) is 37.2 Å². The van der Waals surface area contributed by atoms with Crippen molar-refractivity contribution in [1.82, 2.24) is 0 Å². The summed E-state index contributed by atoms with van der Waals surface area (Å²) >= 11 is 0. The van der Waals surface area contributed by atoms with Crippen LogP contribution in [0.5, 0.6) is 0 Å². The van der Waals surface area contributed by atoms with Crippen molar-refractivity contribution < 1.29 is 28.6 Å². The van der Waals surface area contributed by atoms with E-state index in [2.05, 4.69) is 167 Å². The fraction of sp³-hybridized carbons (Fsp3) is 0.597. The van der Waals surface area contributed by atoms with Crippen molar-refractivity contribution in [3.05, 3.63) is 146 Å². The Balaban J connectivity index is 4.15. The summed E-state index contributed by atoms with van der Waals surface area (Å²) in [6, 6.07) is 0. The van der Waals surface area contributed by atoms with Gasteiger partial charge in [-0.2, -0.15) is 0 Å². The highest BCUT2D eigenvalue weighted by Gasteiger charge is 2.19. The lowest BCUT2D eigenvalue weighted by molar-refractivity contribution is -0.167. The molecule has 0 bridgehead atoms. The molecular formula is C67H106O6. The average molecular weight is 1010 g/mol. The van der Waals surface area contributed by atoms with E-state index in [0.717, 1.165) is 173 Å². The molecule has 410 valence electrons. The van der Waals surface area contributed by atoms with E-state index in [1.54, 1.807) is 0 Å². The topological polar surface area (TPSA) is 78.9 Å². The molecule has 1 unspecified atom stereocenters. The molecule has 73 heavy (non-hydrogen) atoms. The summed E-state index contributed by atoms with van der Waals surface area (Å²) in [5.74, 6) is -0.959. The lowest BCUT2D eigenvalue weighted by atomic mass is 10.1. The second-order valence-electron chi connectivity index (χ2n) is 18.8. The van der Waals surface area contributed by atoms with Gasteiger partial charge in [0.05, 0.1) is 0 Å². The molecular weight excluding hydrogens is 901 g/mol. The third kappa shape index (κ3) is 58.1. The van der Waals surface area contributed by atoms with Crippen LogP contribution >= 0.6 is 0 Å². The average Bonchev–Trinajstić information content (AvgIpc) is 3.39. The number of carbonyl (C=O) groups is 3. The number of carbonyl (C=O) groups excluding carboxylic acids is 3. The molecule has 0 aromatic rings. The Morgan fingerprint density at radius 3 is 0.863 bits per heavy atom. The molecule has 6 heteroatoms. The molecule has 0 radical (unpaired) electrons. The molecule has 0 fully saturated rings. The zero-order chi connectivity index (χ0) is 52.9. The van der Waals surface area contributed by atoms with Crippen LogP contribution in [0, 0.1) is 0 Å². The van der Waals surface area contributed by atoms with Gasteiger partial charge < -0.3 is 14.2 Å². The van der Waals surface area contributed by atoms with E-state index in [4.69, 9.17) is 14.2 Å². The molecule has 1 atom stereocenters. The van der Waals surface area contributed by atoms with Crippen LogP contribution in [0.4, 0.5) is 0 Å². The molecule has 0 spiro atoms. The Labute approximate surface area is 448 Å². The number of hydrogen-bond donors (Lipinski definition) is 0. The summed E-state index contributed by atoms with van der Waals surface area (Å²) in [6.45, 7) is 6.36. The van der Waals surface area contributed by atoms with Crippen molar-refractivity contribution in [2.45, 2.75) is 245 Å². The molecule has 6 nitrogen and oxygen atoms in total. The van der Waals surface area contributed by atoms with Gasteiger partial charge in [-0.15, -0.1) is 0 Å². The van der Waals surface area contributed by atoms with E-state index < -0.39 is 6.10 Å². The van der Waals surface area contributed by atoms with Gasteiger partial charge in [0.15, 0.2) is 6.10 Å². The molecule has 0 rings (SSSR count). The maximum atomic E-state index is 12.7. The summed E-state index contributed by atoms with van der Waals surface area (Å²) in [7, 11) is 0. The first-order valence-electron chi connectivity index (χ1n) is 29.3. The molecule has 0 aromatic carbocycles. The van der Waals surface area contributed by atoms with E-state index in [9.17, 15) is 14.4 Å². The van der Waals surface area contributed by atoms with Gasteiger partial charge in [-0.05, 0) is 128 Å². The summed E-state index contributed by atoms with van der Waals surface area (Å²) < 4.78 is 16.7. The number of rotatable bonds is 51. The monoisotopic (exact) mass is 1010 g/mol. The number of allylic oxidation sites excluding steroid dienone is 24. The van der Waals surface area contributed by atoms with Crippen LogP contribution in [0.1, 0.15) is 239 Å². The zero-order valence-corrected chi connectivity index (χ0v) is 46.8. The molecule has 0 N–H and O–H groups in total. The highest BCUT2D eigenvalue weighted by Crippen LogP contribution is 2.13. The van der Waals surface area contributed by atoms with Crippen molar-refractivity contribution in [2.24, 2.45) is 0 Å². The first kappa shape index (κ1) is 68.3. The number of ether oxygens (including phenoxy) is 3. The molecule has 0 aromatic heterocycles. The fourth-order valence-corrected chi connectivity index (χ4v) is 7.44. The second kappa shape index (κ2) is 59.8. The minimum absolute atomic E-state index is 0.0968. The van der Waals surface area contributed by atoms with E-state index in [1.165, 1.54) is 25.7 Å². The zero-order valence-electron chi connectivity index (χ0n) is 46.8. The number of hydrogen-bond acceptors (Lipinski definition) is 6. The van der Waals surface area contributed by atoms with Crippen molar-refractivity contribution in [3.63, 3.8) is 0 Å². The van der Waals surface area contributed by atoms with E-state index in [1.807, 2.05) is 0 Å². The highest BCUT2D eigenvalue weighted by molar-refractivity contribution is 5.71. The number of unbranched alkanes of at least 4 members (excludes halogenated alkanes) is 16. The van der Waals surface area contributed by atoms with Crippen molar-refractivity contribution >= 4 is 17.9 Å². The van der Waals surface area contributed by atoms with Crippen molar-refractivity contribution in [3.8, 4) is 0 Å². The normalized spacial score (nSPS) is 13.2. The smallest absolute Gasteiger partial charge is 0.306 e. The van der Waals surface area contributed by atoms with Crippen molar-refractivity contribution in [2.75, 3.05) is 13.2 Å². The minimum atomic E-state index is -0.797. The Bertz CT molecular complexity index is 1630. The van der Waals surface area contributed by atoms with Crippen LogP contribution in [0.3, 0.4) is 0 Å². The quantitative estimate of drug-likeness (QED) is 0.0261. The summed E-state index contributed by atoms with van der Waals surface area (Å²) in [4.78, 5) is 37.7. The van der Waals surface area contributed by atoms with Gasteiger partial charge in [0.1, 0.15) is 13.2 Å². The lowest BCUT2D eigenvalue weighted by Gasteiger charge is -2.18. The maximum Gasteiger partial charge on any atom is 0.306 e. The van der Waals surface area contributed by atoms with Crippen LogP contribution in [-0.2, 0) is 28.6 Å². The standard InChI is InChI=1S/C67H106O6/c1-4-7-10-13-15-17-19-21-23-24-25-26-27-28-29-30-31-32-33-34-35-36-37-38-39-40-41-42-44-45-47-49-51-54-57-60-66(69)72-63-64(62-71-65(68)59-56-53-12-9-6-3)73-67(70)61-58-55-52-50-48-46-43-22-20-18-16-14-11-8-5-2/h7,10,15-18,21-23,25-26,28-29,31-32,34-35,37-38,40-41,43-45,64H,4-6,8-9,11-14,19-20,24,27,30,33,36,39,42,46-63H2,1-3H3/b10-7-,17-15-,18-16-,23-21-,26-25-,29-28-,32-31-,35-34-,38-37-,41-40-,43-22-,45-44-. The predicted molar refractivity (Wildman–Crippen MR) is 315 cm³/mol. The first-order chi connectivity index (χ1) is 36.0. The minimum Gasteiger partial charge on any atom is -0.462 e. The number of esters is 3. The Morgan fingerprint density at radius 1 is 0.288 bits per heavy atom. The molecule has 0 amide bonds. The molecule has 0 aliphatic heterocycles. The molecule has 0 aliphatic rings. The Hall–Kier alpha value is -4.71. The first-order valence-corrected chi connectivity index (χ1v) is 29.3. The predicted octanol–water partition coefficient (Wildman–Crippen LogP) is 20.0. The van der Waals surface area contributed by atoms with E-state index in [-0.39, 0.29) is 31.1 Å². The van der Waals surface area contributed by atoms with Crippen LogP contribution in [0.15, 0.2) is 146 Å². The Kier molecular flexibility index (Phi) is 56.0. The molecule has 0 saturated carbocycles. The fourth-order valence-electron chi connectivity index (χ4n) is 7.44. The Morgan fingerprint density at radius 2 is 0.534 bits per heavy atom. The van der Waals surface area contributed by atoms with Gasteiger partial charge in [-0.25, -0.2) is 0 Å². The third-order valence-corrected chi connectivity index (χ3v) is 11.8. The summed E-state index contributed by atoms with van der Waals surface area (Å²) in [5, 5.41) is 0.